The lowest BCUT2D eigenvalue weighted by Crippen LogP contribution is -2.42. The molecule has 0 aliphatic carbocycles. The molecule has 0 unspecified atom stereocenters. The van der Waals surface area contributed by atoms with E-state index in [1.54, 1.807) is 4.90 Å². The molecule has 0 radical (unpaired) electrons. The number of nitro benzene ring substituents is 1. The largest absolute Gasteiger partial charge is 0.449 e. The molecule has 0 spiro atoms. The topological polar surface area (TPSA) is 89.7 Å². The highest BCUT2D eigenvalue weighted by Crippen LogP contribution is 2.23. The minimum atomic E-state index is -0.962. The maximum atomic E-state index is 12.2. The molecule has 1 atom stereocenters. The van der Waals surface area contributed by atoms with Crippen LogP contribution in [0.25, 0.3) is 0 Å². The van der Waals surface area contributed by atoms with Crippen LogP contribution in [0.3, 0.4) is 0 Å². The van der Waals surface area contributed by atoms with Crippen molar-refractivity contribution in [1.29, 1.82) is 0 Å². The zero-order valence-electron chi connectivity index (χ0n) is 12.7. The van der Waals surface area contributed by atoms with Gasteiger partial charge < -0.3 is 9.64 Å². The second-order valence-electron chi connectivity index (χ2n) is 5.35. The molecule has 1 aliphatic rings. The first kappa shape index (κ1) is 17.2. The second kappa shape index (κ2) is 7.41. The predicted molar refractivity (Wildman–Crippen MR) is 83.4 cm³/mol. The van der Waals surface area contributed by atoms with Crippen molar-refractivity contribution in [2.75, 3.05) is 13.1 Å². The van der Waals surface area contributed by atoms with E-state index in [9.17, 15) is 19.7 Å². The normalized spacial score (nSPS) is 15.8. The zero-order valence-corrected chi connectivity index (χ0v) is 13.4. The van der Waals surface area contributed by atoms with Crippen molar-refractivity contribution in [3.8, 4) is 0 Å². The number of piperidine rings is 1. The van der Waals surface area contributed by atoms with Gasteiger partial charge in [-0.3, -0.25) is 14.9 Å². The fraction of sp³-hybridized carbons (Fsp3) is 0.467. The molecule has 7 nitrogen and oxygen atoms in total. The summed E-state index contributed by atoms with van der Waals surface area (Å²) in [7, 11) is 0. The molecule has 2 rings (SSSR count). The Morgan fingerprint density at radius 2 is 1.96 bits per heavy atom. The summed E-state index contributed by atoms with van der Waals surface area (Å²) in [4.78, 5) is 36.2. The molecule has 0 saturated carbocycles. The number of amides is 1. The van der Waals surface area contributed by atoms with E-state index in [0.29, 0.717) is 13.1 Å². The summed E-state index contributed by atoms with van der Waals surface area (Å²) in [5.41, 5.74) is -0.393. The molecular weight excluding hydrogens is 324 g/mol. The van der Waals surface area contributed by atoms with Crippen LogP contribution in [0.2, 0.25) is 5.02 Å². The van der Waals surface area contributed by atoms with Gasteiger partial charge in [-0.1, -0.05) is 11.6 Å². The van der Waals surface area contributed by atoms with Gasteiger partial charge in [0.2, 0.25) is 0 Å². The van der Waals surface area contributed by atoms with E-state index in [1.807, 2.05) is 0 Å². The van der Waals surface area contributed by atoms with E-state index in [0.717, 1.165) is 25.3 Å². The first-order valence-electron chi connectivity index (χ1n) is 7.34. The number of benzene rings is 1. The van der Waals surface area contributed by atoms with Gasteiger partial charge in [-0.25, -0.2) is 4.79 Å². The average Bonchev–Trinajstić information content (AvgIpc) is 2.54. The highest BCUT2D eigenvalue weighted by Gasteiger charge is 2.26. The van der Waals surface area contributed by atoms with Gasteiger partial charge in [-0.2, -0.15) is 0 Å². The quantitative estimate of drug-likeness (QED) is 0.477. The summed E-state index contributed by atoms with van der Waals surface area (Å²) in [6.45, 7) is 2.79. The number of hydrogen-bond donors (Lipinski definition) is 0. The maximum Gasteiger partial charge on any atom is 0.340 e. The summed E-state index contributed by atoms with van der Waals surface area (Å²) in [5, 5.41) is 10.8. The molecule has 23 heavy (non-hydrogen) atoms. The lowest BCUT2D eigenvalue weighted by atomic mass is 10.1. The van der Waals surface area contributed by atoms with E-state index < -0.39 is 17.0 Å². The number of hydrogen-bond acceptors (Lipinski definition) is 5. The first-order valence-corrected chi connectivity index (χ1v) is 7.71. The average molecular weight is 341 g/mol. The Bertz CT molecular complexity index is 628. The zero-order chi connectivity index (χ0) is 17.0. The van der Waals surface area contributed by atoms with E-state index in [2.05, 4.69) is 0 Å². The highest BCUT2D eigenvalue weighted by atomic mass is 35.5. The van der Waals surface area contributed by atoms with Crippen LogP contribution in [-0.2, 0) is 9.53 Å². The molecule has 0 aromatic heterocycles. The van der Waals surface area contributed by atoms with E-state index in [1.165, 1.54) is 19.1 Å². The van der Waals surface area contributed by atoms with E-state index in [-0.39, 0.29) is 22.2 Å². The van der Waals surface area contributed by atoms with Crippen molar-refractivity contribution in [2.24, 2.45) is 0 Å². The van der Waals surface area contributed by atoms with Gasteiger partial charge in [0, 0.05) is 25.2 Å². The first-order chi connectivity index (χ1) is 10.9. The van der Waals surface area contributed by atoms with Crippen LogP contribution in [0.15, 0.2) is 18.2 Å². The summed E-state index contributed by atoms with van der Waals surface area (Å²) < 4.78 is 5.13. The van der Waals surface area contributed by atoms with Crippen molar-refractivity contribution >= 4 is 29.2 Å². The van der Waals surface area contributed by atoms with Crippen molar-refractivity contribution < 1.29 is 19.2 Å². The van der Waals surface area contributed by atoms with Crippen LogP contribution >= 0.6 is 11.6 Å². The summed E-state index contributed by atoms with van der Waals surface area (Å²) in [5.74, 6) is -1.11. The molecule has 0 bridgehead atoms. The fourth-order valence-corrected chi connectivity index (χ4v) is 2.62. The number of non-ortho nitro benzene ring substituents is 1. The molecule has 1 heterocycles. The maximum absolute atomic E-state index is 12.2. The number of halogens is 1. The van der Waals surface area contributed by atoms with E-state index in [4.69, 9.17) is 16.3 Å². The van der Waals surface area contributed by atoms with Crippen LogP contribution in [0.4, 0.5) is 5.69 Å². The van der Waals surface area contributed by atoms with Gasteiger partial charge in [0.1, 0.15) is 0 Å². The van der Waals surface area contributed by atoms with Gasteiger partial charge in [-0.05, 0) is 32.3 Å². The van der Waals surface area contributed by atoms with Crippen molar-refractivity contribution in [1.82, 2.24) is 4.90 Å². The number of carbonyl (C=O) groups is 2. The lowest BCUT2D eigenvalue weighted by molar-refractivity contribution is -0.384. The van der Waals surface area contributed by atoms with Gasteiger partial charge in [0.25, 0.3) is 11.6 Å². The van der Waals surface area contributed by atoms with Gasteiger partial charge in [0.05, 0.1) is 15.5 Å². The Hall–Kier alpha value is -2.15. The molecule has 8 heteroatoms. The Balaban J connectivity index is 2.07. The summed E-state index contributed by atoms with van der Waals surface area (Å²) in [6, 6.07) is 3.50. The van der Waals surface area contributed by atoms with Crippen LogP contribution in [0, 0.1) is 10.1 Å². The Kier molecular flexibility index (Phi) is 5.54. The Morgan fingerprint density at radius 3 is 2.57 bits per heavy atom. The predicted octanol–water partition coefficient (Wildman–Crippen LogP) is 2.81. The monoisotopic (exact) mass is 340 g/mol. The molecule has 1 saturated heterocycles. The minimum Gasteiger partial charge on any atom is -0.449 e. The second-order valence-corrected chi connectivity index (χ2v) is 5.76. The van der Waals surface area contributed by atoms with Crippen molar-refractivity contribution in [3.05, 3.63) is 38.9 Å². The third kappa shape index (κ3) is 4.19. The van der Waals surface area contributed by atoms with Crippen LogP contribution < -0.4 is 0 Å². The highest BCUT2D eigenvalue weighted by molar-refractivity contribution is 6.33. The third-order valence-electron chi connectivity index (χ3n) is 3.68. The third-order valence-corrected chi connectivity index (χ3v) is 4.01. The van der Waals surface area contributed by atoms with Crippen LogP contribution in [0.5, 0.6) is 0 Å². The molecule has 1 amide bonds. The molecule has 1 aromatic carbocycles. The number of nitro groups is 1. The molecule has 1 fully saturated rings. The molecule has 124 valence electrons. The SMILES string of the molecule is C[C@H](OC(=O)c1cc([N+](=O)[O-])ccc1Cl)C(=O)N1CCCCC1. The van der Waals surface area contributed by atoms with Crippen molar-refractivity contribution in [3.63, 3.8) is 0 Å². The van der Waals surface area contributed by atoms with Gasteiger partial charge in [-0.15, -0.1) is 0 Å². The molecular formula is C15H17ClN2O5. The Labute approximate surface area is 138 Å². The lowest BCUT2D eigenvalue weighted by Gasteiger charge is -2.28. The smallest absolute Gasteiger partial charge is 0.340 e. The number of likely N-dealkylation sites (tertiary alicyclic amines) is 1. The fourth-order valence-electron chi connectivity index (χ4n) is 2.43. The van der Waals surface area contributed by atoms with Gasteiger partial charge in [0.15, 0.2) is 6.10 Å². The molecule has 1 aliphatic heterocycles. The number of nitrogens with zero attached hydrogens (tertiary/aromatic N) is 2. The van der Waals surface area contributed by atoms with Crippen molar-refractivity contribution in [2.45, 2.75) is 32.3 Å². The number of rotatable bonds is 4. The number of ether oxygens (including phenoxy) is 1. The van der Waals surface area contributed by atoms with Crippen LogP contribution in [0.1, 0.15) is 36.5 Å². The molecule has 1 aromatic rings. The number of carbonyl (C=O) groups excluding carboxylic acids is 2. The van der Waals surface area contributed by atoms with Gasteiger partial charge >= 0.3 is 5.97 Å². The van der Waals surface area contributed by atoms with Crippen LogP contribution in [-0.4, -0.2) is 40.9 Å². The molecule has 0 N–H and O–H groups in total. The van der Waals surface area contributed by atoms with E-state index >= 15 is 0 Å². The minimum absolute atomic E-state index is 0.0400. The summed E-state index contributed by atoms with van der Waals surface area (Å²) in [6.07, 6.45) is 1.99. The Morgan fingerprint density at radius 1 is 1.30 bits per heavy atom. The standard InChI is InChI=1S/C15H17ClN2O5/c1-10(14(19)17-7-3-2-4-8-17)23-15(20)12-9-11(18(21)22)5-6-13(12)16/h5-6,9-10H,2-4,7-8H2,1H3/t10-/m0/s1. The summed E-state index contributed by atoms with van der Waals surface area (Å²) >= 11 is 5.89. The number of esters is 1.